The van der Waals surface area contributed by atoms with Gasteiger partial charge < -0.3 is 69.6 Å². The van der Waals surface area contributed by atoms with Crippen LogP contribution in [-0.2, 0) is 30.3 Å². The number of rotatable bonds is 10. The topological polar surface area (TPSA) is 245 Å². The summed E-state index contributed by atoms with van der Waals surface area (Å²) in [4.78, 5) is 12.5. The van der Waals surface area contributed by atoms with E-state index in [1.807, 2.05) is 0 Å². The number of aliphatic hydroxyl groups excluding tert-OH is 9. The lowest BCUT2D eigenvalue weighted by Gasteiger charge is -2.43. The molecular weight excluding hydrogens is 528 g/mol. The van der Waals surface area contributed by atoms with E-state index in [1.165, 1.54) is 38.1 Å². The largest absolute Gasteiger partial charge is 0.462 e. The first-order chi connectivity index (χ1) is 18.3. The lowest BCUT2D eigenvalue weighted by atomic mass is 9.97. The first kappa shape index (κ1) is 31.5. The molecule has 222 valence electrons. The van der Waals surface area contributed by atoms with Crippen LogP contribution < -0.4 is 4.74 Å². The molecule has 15 nitrogen and oxygen atoms in total. The second-order valence-electron chi connectivity index (χ2n) is 9.89. The van der Waals surface area contributed by atoms with Gasteiger partial charge in [0.05, 0.1) is 13.2 Å². The highest BCUT2D eigenvalue weighted by atomic mass is 16.7. The van der Waals surface area contributed by atoms with Crippen molar-refractivity contribution >= 4 is 5.97 Å². The molecule has 0 radical (unpaired) electrons. The van der Waals surface area contributed by atoms with Gasteiger partial charge in [-0.15, -0.1) is 0 Å². The fourth-order valence-electron chi connectivity index (χ4n) is 4.01. The van der Waals surface area contributed by atoms with E-state index in [-0.39, 0.29) is 12.4 Å². The molecule has 0 aliphatic carbocycles. The van der Waals surface area contributed by atoms with Crippen molar-refractivity contribution in [3.05, 3.63) is 29.8 Å². The molecule has 0 aromatic heterocycles. The van der Waals surface area contributed by atoms with Crippen molar-refractivity contribution in [1.29, 1.82) is 0 Å². The minimum absolute atomic E-state index is 0.198. The molecule has 1 aromatic carbocycles. The summed E-state index contributed by atoms with van der Waals surface area (Å²) in [5, 5.41) is 88.8. The van der Waals surface area contributed by atoms with Crippen LogP contribution >= 0.6 is 0 Å². The Morgan fingerprint density at radius 1 is 0.821 bits per heavy atom. The minimum Gasteiger partial charge on any atom is -0.462 e. The van der Waals surface area contributed by atoms with Gasteiger partial charge >= 0.3 is 5.97 Å². The summed E-state index contributed by atoms with van der Waals surface area (Å²) < 4.78 is 26.7. The van der Waals surface area contributed by atoms with Gasteiger partial charge in [-0.3, -0.25) is 0 Å². The van der Waals surface area contributed by atoms with Crippen molar-refractivity contribution < 1.29 is 74.4 Å². The summed E-state index contributed by atoms with van der Waals surface area (Å²) in [6.07, 6.45) is -16.9. The minimum atomic E-state index is -1.86. The Balaban J connectivity index is 1.53. The van der Waals surface area contributed by atoms with E-state index in [9.17, 15) is 50.8 Å². The van der Waals surface area contributed by atoms with Crippen molar-refractivity contribution in [3.63, 3.8) is 0 Å². The average Bonchev–Trinajstić information content (AvgIpc) is 2.92. The van der Waals surface area contributed by atoms with E-state index in [0.717, 1.165) is 0 Å². The molecule has 2 aliphatic heterocycles. The standard InChI is InChI=1S/C24H36O15/c1-24(2,39-23-19(32)17(30)15(28)13(8-26)38-23)20(33)21(34)35-9-10-3-5-11(6-4-10)36-22-18(31)16(29)14(27)12(7-25)37-22/h3-6,12-20,22-23,25-33H,7-9H2,1-2H3/t12-,13-,14-,15-,16+,17+,18-,19-,20-,22-,23+/m1/s1. The van der Waals surface area contributed by atoms with Crippen LogP contribution in [0, 0.1) is 0 Å². The highest BCUT2D eigenvalue weighted by molar-refractivity contribution is 5.75. The number of benzene rings is 1. The molecule has 1 aromatic rings. The Labute approximate surface area is 223 Å². The molecule has 2 aliphatic rings. The molecule has 2 saturated heterocycles. The highest BCUT2D eigenvalue weighted by Gasteiger charge is 2.48. The second-order valence-corrected chi connectivity index (χ2v) is 9.89. The quantitative estimate of drug-likeness (QED) is 0.122. The Morgan fingerprint density at radius 3 is 1.82 bits per heavy atom. The average molecular weight is 565 g/mol. The number of hydrogen-bond donors (Lipinski definition) is 9. The van der Waals surface area contributed by atoms with Gasteiger partial charge in [-0.1, -0.05) is 12.1 Å². The maximum atomic E-state index is 12.5. The molecule has 0 spiro atoms. The van der Waals surface area contributed by atoms with Crippen LogP contribution in [0.1, 0.15) is 19.4 Å². The SMILES string of the molecule is CC(C)(O[C@@H]1O[C@H](CO)[C@@H](O)[C@H](O)[C@H]1O)[C@H](O)C(=O)OCc1ccc(O[C@@H]2O[C@H](CO)[C@@H](O)[C@H](O)[C@H]2O)cc1. The number of aliphatic hydroxyl groups is 9. The zero-order valence-corrected chi connectivity index (χ0v) is 21.3. The summed E-state index contributed by atoms with van der Waals surface area (Å²) in [6, 6.07) is 5.92. The fraction of sp³-hybridized carbons (Fsp3) is 0.708. The molecular formula is C24H36O15. The fourth-order valence-corrected chi connectivity index (χ4v) is 4.01. The van der Waals surface area contributed by atoms with Crippen molar-refractivity contribution in [2.24, 2.45) is 0 Å². The maximum absolute atomic E-state index is 12.5. The van der Waals surface area contributed by atoms with Gasteiger partial charge in [-0.2, -0.15) is 0 Å². The van der Waals surface area contributed by atoms with Crippen LogP contribution in [-0.4, -0.2) is 138 Å². The van der Waals surface area contributed by atoms with Crippen molar-refractivity contribution in [3.8, 4) is 5.75 Å². The third kappa shape index (κ3) is 7.21. The normalized spacial score (nSPS) is 36.3. The summed E-state index contributed by atoms with van der Waals surface area (Å²) in [6.45, 7) is 1.07. The predicted molar refractivity (Wildman–Crippen MR) is 126 cm³/mol. The first-order valence-electron chi connectivity index (χ1n) is 12.2. The third-order valence-corrected chi connectivity index (χ3v) is 6.56. The molecule has 2 heterocycles. The van der Waals surface area contributed by atoms with Crippen molar-refractivity contribution in [2.75, 3.05) is 13.2 Å². The Kier molecular flexibility index (Phi) is 10.6. The number of ether oxygens (including phenoxy) is 5. The lowest BCUT2D eigenvalue weighted by molar-refractivity contribution is -0.330. The lowest BCUT2D eigenvalue weighted by Crippen LogP contribution is -2.61. The summed E-state index contributed by atoms with van der Waals surface area (Å²) >= 11 is 0. The van der Waals surface area contributed by atoms with Crippen LogP contribution in [0.4, 0.5) is 0 Å². The van der Waals surface area contributed by atoms with E-state index in [1.54, 1.807) is 0 Å². The maximum Gasteiger partial charge on any atom is 0.338 e. The van der Waals surface area contributed by atoms with Gasteiger partial charge in [0.1, 0.15) is 66.8 Å². The summed E-state index contributed by atoms with van der Waals surface area (Å²) in [5.74, 6) is -0.880. The number of carbonyl (C=O) groups is 1. The van der Waals surface area contributed by atoms with Gasteiger partial charge in [0, 0.05) is 0 Å². The molecule has 9 N–H and O–H groups in total. The summed E-state index contributed by atoms with van der Waals surface area (Å²) in [5.41, 5.74) is -1.21. The first-order valence-corrected chi connectivity index (χ1v) is 12.2. The van der Waals surface area contributed by atoms with Crippen LogP contribution in [0.3, 0.4) is 0 Å². The van der Waals surface area contributed by atoms with Crippen LogP contribution in [0.2, 0.25) is 0 Å². The van der Waals surface area contributed by atoms with Crippen LogP contribution in [0.15, 0.2) is 24.3 Å². The van der Waals surface area contributed by atoms with E-state index in [2.05, 4.69) is 0 Å². The molecule has 0 bridgehead atoms. The third-order valence-electron chi connectivity index (χ3n) is 6.56. The number of hydrogen-bond acceptors (Lipinski definition) is 15. The molecule has 0 unspecified atom stereocenters. The zero-order chi connectivity index (χ0) is 29.1. The molecule has 3 rings (SSSR count). The van der Waals surface area contributed by atoms with Gasteiger partial charge in [0.15, 0.2) is 12.4 Å². The Bertz CT molecular complexity index is 923. The molecule has 0 saturated carbocycles. The van der Waals surface area contributed by atoms with Gasteiger partial charge in [-0.25, -0.2) is 4.79 Å². The van der Waals surface area contributed by atoms with Crippen molar-refractivity contribution in [1.82, 2.24) is 0 Å². The second kappa shape index (κ2) is 13.1. The van der Waals surface area contributed by atoms with E-state index >= 15 is 0 Å². The Hall–Kier alpha value is -1.99. The predicted octanol–water partition coefficient (Wildman–Crippen LogP) is -4.14. The van der Waals surface area contributed by atoms with E-state index in [0.29, 0.717) is 5.56 Å². The summed E-state index contributed by atoms with van der Waals surface area (Å²) in [7, 11) is 0. The highest BCUT2D eigenvalue weighted by Crippen LogP contribution is 2.28. The van der Waals surface area contributed by atoms with Crippen LogP contribution in [0.5, 0.6) is 5.75 Å². The molecule has 39 heavy (non-hydrogen) atoms. The van der Waals surface area contributed by atoms with E-state index < -0.39 is 92.3 Å². The van der Waals surface area contributed by atoms with Gasteiger partial charge in [-0.05, 0) is 31.5 Å². The smallest absolute Gasteiger partial charge is 0.338 e. The van der Waals surface area contributed by atoms with Gasteiger partial charge in [0.25, 0.3) is 0 Å². The Morgan fingerprint density at radius 2 is 1.31 bits per heavy atom. The number of carbonyl (C=O) groups excluding carboxylic acids is 1. The zero-order valence-electron chi connectivity index (χ0n) is 21.3. The molecule has 11 atom stereocenters. The van der Waals surface area contributed by atoms with Gasteiger partial charge in [0.2, 0.25) is 6.29 Å². The molecule has 2 fully saturated rings. The number of esters is 1. The molecule has 0 amide bonds. The molecule has 15 heteroatoms. The van der Waals surface area contributed by atoms with E-state index in [4.69, 9.17) is 23.7 Å². The monoisotopic (exact) mass is 564 g/mol. The van der Waals surface area contributed by atoms with Crippen molar-refractivity contribution in [2.45, 2.75) is 93.6 Å². The van der Waals surface area contributed by atoms with Crippen LogP contribution in [0.25, 0.3) is 0 Å².